The van der Waals surface area contributed by atoms with Crippen LogP contribution in [0.5, 0.6) is 11.5 Å². The molecule has 1 N–H and O–H groups in total. The average molecular weight is 757 g/mol. The number of benzene rings is 2. The molecule has 1 spiro atoms. The first kappa shape index (κ1) is 37.3. The summed E-state index contributed by atoms with van der Waals surface area (Å²) in [5.41, 5.74) is -0.411. The molecule has 2 saturated heterocycles. The van der Waals surface area contributed by atoms with Crippen molar-refractivity contribution in [2.24, 2.45) is 5.92 Å². The monoisotopic (exact) mass is 756 g/mol. The second-order valence-corrected chi connectivity index (χ2v) is 18.6. The fraction of sp³-hybridized carbons (Fsp3) is 0.400. The van der Waals surface area contributed by atoms with Gasteiger partial charge in [0, 0.05) is 47.3 Å². The number of methoxy groups -OCH3 is 2. The Morgan fingerprint density at radius 2 is 1.59 bits per heavy atom. The maximum atomic E-state index is 16.6. The lowest BCUT2D eigenvalue weighted by Crippen LogP contribution is -2.45. The molecule has 0 bridgehead atoms. The van der Waals surface area contributed by atoms with Crippen molar-refractivity contribution in [3.05, 3.63) is 111 Å². The number of halogens is 1. The molecule has 0 saturated carbocycles. The van der Waals surface area contributed by atoms with Gasteiger partial charge in [-0.3, -0.25) is 28.3 Å². The Hall–Kier alpha value is -5.05. The number of aromatic nitrogens is 2. The molecular weight excluding hydrogens is 712 g/mol. The van der Waals surface area contributed by atoms with Crippen molar-refractivity contribution in [3.8, 4) is 22.9 Å². The highest BCUT2D eigenvalue weighted by Gasteiger charge is 2.67. The van der Waals surface area contributed by atoms with Gasteiger partial charge in [-0.2, -0.15) is 0 Å². The lowest BCUT2D eigenvalue weighted by molar-refractivity contribution is -0.150. The third-order valence-corrected chi connectivity index (χ3v) is 13.8. The number of nitrogens with zero attached hydrogens (tertiary/aromatic N) is 4. The van der Waals surface area contributed by atoms with Crippen LogP contribution in [0.25, 0.3) is 11.4 Å². The van der Waals surface area contributed by atoms with E-state index in [2.05, 4.69) is 0 Å². The number of amides is 2. The average Bonchev–Trinajstić information content (AvgIpc) is 3.82. The van der Waals surface area contributed by atoms with Crippen molar-refractivity contribution < 1.29 is 33.0 Å². The maximum Gasteiger partial charge on any atom is 0.297 e. The number of likely N-dealkylation sites (tertiary alicyclic amines) is 1. The standard InChI is InChI=1S/C40H45FN4O8Si/c1-25-36(54(4,5)41)34(22-35(47)42-17-7-12-29(42)24-46)53-40(25)30-21-28(44-19-9-14-33(52-3)38(44)49)15-16-31(30)45(39(40)50)23-26-10-6-11-27(20-26)43-18-8-13-32(51-2)37(43)48/h6,8-11,13-16,18-21,25,29,34,36,46H,7,12,17,22-24H2,1-5H3/t25-,29+,34+,36-,40+/m1/s1. The van der Waals surface area contributed by atoms with Crippen molar-refractivity contribution in [2.45, 2.75) is 69.1 Å². The summed E-state index contributed by atoms with van der Waals surface area (Å²) in [6.07, 6.45) is 3.64. The molecule has 284 valence electrons. The Morgan fingerprint density at radius 1 is 0.944 bits per heavy atom. The maximum absolute atomic E-state index is 16.6. The zero-order valence-electron chi connectivity index (χ0n) is 31.0. The van der Waals surface area contributed by atoms with Crippen molar-refractivity contribution in [1.29, 1.82) is 0 Å². The number of carbonyl (C=O) groups is 2. The van der Waals surface area contributed by atoms with Crippen LogP contribution in [0.15, 0.2) is 88.7 Å². The fourth-order valence-electron chi connectivity index (χ4n) is 8.84. The van der Waals surface area contributed by atoms with E-state index in [4.69, 9.17) is 14.2 Å². The number of ether oxygens (including phenoxy) is 3. The Bertz CT molecular complexity index is 2220. The summed E-state index contributed by atoms with van der Waals surface area (Å²) < 4.78 is 36.9. The summed E-state index contributed by atoms with van der Waals surface area (Å²) in [4.78, 5) is 58.7. The summed E-state index contributed by atoms with van der Waals surface area (Å²) >= 11 is 0. The van der Waals surface area contributed by atoms with Crippen LogP contribution in [-0.2, 0) is 26.5 Å². The van der Waals surface area contributed by atoms with E-state index in [0.29, 0.717) is 41.2 Å². The van der Waals surface area contributed by atoms with Gasteiger partial charge in [-0.25, -0.2) is 0 Å². The molecule has 2 fully saturated rings. The van der Waals surface area contributed by atoms with Crippen LogP contribution in [-0.4, -0.2) is 78.9 Å². The number of carbonyl (C=O) groups excluding carboxylic acids is 2. The van der Waals surface area contributed by atoms with E-state index in [-0.39, 0.29) is 48.6 Å². The van der Waals surface area contributed by atoms with Gasteiger partial charge in [0.2, 0.25) is 14.3 Å². The summed E-state index contributed by atoms with van der Waals surface area (Å²) in [5, 5.41) is 9.94. The molecule has 12 nitrogen and oxygen atoms in total. The number of rotatable bonds is 10. The van der Waals surface area contributed by atoms with Gasteiger partial charge < -0.3 is 33.2 Å². The number of fused-ring (bicyclic) bond motifs is 2. The largest absolute Gasteiger partial charge is 0.491 e. The minimum atomic E-state index is -3.61. The number of anilines is 1. The van der Waals surface area contributed by atoms with E-state index in [1.807, 2.05) is 19.1 Å². The predicted octanol–water partition coefficient (Wildman–Crippen LogP) is 4.70. The summed E-state index contributed by atoms with van der Waals surface area (Å²) in [6, 6.07) is 18.7. The van der Waals surface area contributed by atoms with Crippen LogP contribution in [0.2, 0.25) is 18.6 Å². The van der Waals surface area contributed by atoms with Gasteiger partial charge in [0.05, 0.1) is 51.6 Å². The molecule has 2 amide bonds. The molecule has 5 heterocycles. The normalized spacial score (nSPS) is 23.6. The minimum absolute atomic E-state index is 0.0886. The topological polar surface area (TPSA) is 133 Å². The summed E-state index contributed by atoms with van der Waals surface area (Å²) in [5.74, 6) is -1.02. The zero-order valence-corrected chi connectivity index (χ0v) is 32.0. The van der Waals surface area contributed by atoms with Crippen LogP contribution in [0.3, 0.4) is 0 Å². The summed E-state index contributed by atoms with van der Waals surface area (Å²) in [7, 11) is -0.763. The van der Waals surface area contributed by atoms with Crippen LogP contribution in [0.1, 0.15) is 37.3 Å². The quantitative estimate of drug-likeness (QED) is 0.182. The van der Waals surface area contributed by atoms with E-state index < -0.39 is 43.0 Å². The third-order valence-electron chi connectivity index (χ3n) is 11.3. The van der Waals surface area contributed by atoms with Crippen molar-refractivity contribution >= 4 is 25.9 Å². The van der Waals surface area contributed by atoms with Gasteiger partial charge in [0.1, 0.15) is 0 Å². The smallest absolute Gasteiger partial charge is 0.297 e. The van der Waals surface area contributed by atoms with Gasteiger partial charge in [-0.15, -0.1) is 0 Å². The molecule has 3 aliphatic rings. The first-order valence-electron chi connectivity index (χ1n) is 18.2. The lowest BCUT2D eigenvalue weighted by Gasteiger charge is -2.31. The highest BCUT2D eigenvalue weighted by molar-refractivity contribution is 6.72. The Labute approximate surface area is 313 Å². The number of pyridine rings is 2. The molecular formula is C40H45FN4O8Si. The van der Waals surface area contributed by atoms with Gasteiger partial charge >= 0.3 is 0 Å². The molecule has 0 aliphatic carbocycles. The molecule has 3 aliphatic heterocycles. The molecule has 0 radical (unpaired) electrons. The van der Waals surface area contributed by atoms with Gasteiger partial charge in [0.15, 0.2) is 17.1 Å². The SMILES string of the molecule is COc1cccn(-c2cccc(CN3C(=O)[C@@]4(O[C@@H](CC(=O)N5CCC[C@H]5CO)[C@H]([Si](C)(C)F)[C@H]4C)c4cc(-n5cccc(OC)c5=O)ccc43)c2)c1=O. The molecule has 7 rings (SSSR count). The first-order chi connectivity index (χ1) is 25.8. The van der Waals surface area contributed by atoms with Crippen LogP contribution in [0.4, 0.5) is 9.80 Å². The van der Waals surface area contributed by atoms with Gasteiger partial charge in [-0.05, 0) is 86.1 Å². The van der Waals surface area contributed by atoms with Crippen LogP contribution < -0.4 is 25.5 Å². The number of hydrogen-bond donors (Lipinski definition) is 1. The van der Waals surface area contributed by atoms with Crippen molar-refractivity contribution in [3.63, 3.8) is 0 Å². The highest BCUT2D eigenvalue weighted by atomic mass is 28.4. The molecule has 0 unspecified atom stereocenters. The van der Waals surface area contributed by atoms with E-state index in [0.717, 1.165) is 6.42 Å². The minimum Gasteiger partial charge on any atom is -0.491 e. The molecule has 54 heavy (non-hydrogen) atoms. The number of aliphatic hydroxyl groups excluding tert-OH is 1. The molecule has 2 aromatic heterocycles. The fourth-order valence-corrected chi connectivity index (χ4v) is 11.3. The second kappa shape index (κ2) is 14.3. The molecule has 4 aromatic rings. The third kappa shape index (κ3) is 6.15. The van der Waals surface area contributed by atoms with E-state index in [1.54, 1.807) is 89.9 Å². The molecule has 14 heteroatoms. The Kier molecular flexibility index (Phi) is 9.87. The van der Waals surface area contributed by atoms with Gasteiger partial charge in [0.25, 0.3) is 17.0 Å². The van der Waals surface area contributed by atoms with Crippen LogP contribution in [0, 0.1) is 5.92 Å². The van der Waals surface area contributed by atoms with E-state index >= 15 is 8.90 Å². The first-order valence-corrected chi connectivity index (χ1v) is 21.1. The number of hydrogen-bond acceptors (Lipinski definition) is 8. The predicted molar refractivity (Wildman–Crippen MR) is 203 cm³/mol. The van der Waals surface area contributed by atoms with Gasteiger partial charge in [-0.1, -0.05) is 19.1 Å². The van der Waals surface area contributed by atoms with Crippen molar-refractivity contribution in [1.82, 2.24) is 14.0 Å². The zero-order chi connectivity index (χ0) is 38.5. The van der Waals surface area contributed by atoms with E-state index in [9.17, 15) is 19.5 Å². The Balaban J connectivity index is 1.34. The van der Waals surface area contributed by atoms with E-state index in [1.165, 1.54) is 23.4 Å². The number of aliphatic hydroxyl groups is 1. The molecule has 2 aromatic carbocycles. The lowest BCUT2D eigenvalue weighted by atomic mass is 9.82. The Morgan fingerprint density at radius 3 is 2.20 bits per heavy atom. The highest BCUT2D eigenvalue weighted by Crippen LogP contribution is 2.60. The van der Waals surface area contributed by atoms with Crippen LogP contribution >= 0.6 is 0 Å². The molecule has 5 atom stereocenters. The second-order valence-electron chi connectivity index (χ2n) is 14.8. The summed E-state index contributed by atoms with van der Waals surface area (Å²) in [6.45, 7) is 5.40. The van der Waals surface area contributed by atoms with Crippen molar-refractivity contribution in [2.75, 3.05) is 32.3 Å².